The van der Waals surface area contributed by atoms with Gasteiger partial charge in [-0.15, -0.1) is 11.8 Å². The maximum atomic E-state index is 12.1. The Morgan fingerprint density at radius 1 is 1.50 bits per heavy atom. The standard InChI is InChI=1S/C16H17ClN2O5S2/c1-10(16(21)19-12-3-2-11(7-18)14(17)6-12)24-15(20)8-25-13-4-5-26(22,23)9-13/h2-3,6,10,13H,4-5,8-9H2,1H3,(H,19,21)/t10-,13-/m0/s1. The molecule has 0 unspecified atom stereocenters. The van der Waals surface area contributed by atoms with E-state index in [4.69, 9.17) is 21.6 Å². The molecular formula is C16H17ClN2O5S2. The van der Waals surface area contributed by atoms with Crippen molar-refractivity contribution in [3.63, 3.8) is 0 Å². The molecule has 7 nitrogen and oxygen atoms in total. The van der Waals surface area contributed by atoms with Gasteiger partial charge in [-0.3, -0.25) is 9.59 Å². The molecule has 0 bridgehead atoms. The minimum atomic E-state index is -2.99. The Hall–Kier alpha value is -1.76. The highest BCUT2D eigenvalue weighted by Gasteiger charge is 2.29. The van der Waals surface area contributed by atoms with E-state index in [0.29, 0.717) is 12.1 Å². The number of nitriles is 1. The van der Waals surface area contributed by atoms with Crippen LogP contribution in [0.1, 0.15) is 18.9 Å². The highest BCUT2D eigenvalue weighted by molar-refractivity contribution is 8.02. The van der Waals surface area contributed by atoms with Gasteiger partial charge in [-0.2, -0.15) is 5.26 Å². The minimum absolute atomic E-state index is 0.0134. The van der Waals surface area contributed by atoms with Gasteiger partial charge in [0.1, 0.15) is 6.07 Å². The summed E-state index contributed by atoms with van der Waals surface area (Å²) in [7, 11) is -2.99. The van der Waals surface area contributed by atoms with Crippen LogP contribution >= 0.6 is 23.4 Å². The number of ether oxygens (including phenoxy) is 1. The van der Waals surface area contributed by atoms with E-state index in [1.54, 1.807) is 0 Å². The van der Waals surface area contributed by atoms with Crippen LogP contribution in [0.25, 0.3) is 0 Å². The summed E-state index contributed by atoms with van der Waals surface area (Å²) < 4.78 is 27.8. The number of carbonyl (C=O) groups excluding carboxylic acids is 2. The molecule has 0 radical (unpaired) electrons. The Balaban J connectivity index is 1.80. The van der Waals surface area contributed by atoms with Crippen LogP contribution in [0.15, 0.2) is 18.2 Å². The lowest BCUT2D eigenvalue weighted by atomic mass is 10.2. The Morgan fingerprint density at radius 2 is 2.23 bits per heavy atom. The lowest BCUT2D eigenvalue weighted by molar-refractivity contribution is -0.150. The molecule has 140 valence electrons. The number of carbonyl (C=O) groups is 2. The van der Waals surface area contributed by atoms with Crippen molar-refractivity contribution in [2.45, 2.75) is 24.7 Å². The Labute approximate surface area is 161 Å². The molecule has 1 saturated heterocycles. The molecule has 1 fully saturated rings. The molecule has 26 heavy (non-hydrogen) atoms. The Bertz CT molecular complexity index is 851. The molecular weight excluding hydrogens is 400 g/mol. The monoisotopic (exact) mass is 416 g/mol. The Morgan fingerprint density at radius 3 is 2.81 bits per heavy atom. The van der Waals surface area contributed by atoms with E-state index in [9.17, 15) is 18.0 Å². The van der Waals surface area contributed by atoms with Crippen molar-refractivity contribution in [2.75, 3.05) is 22.6 Å². The number of nitrogens with one attached hydrogen (secondary N) is 1. The fourth-order valence-corrected chi connectivity index (χ4v) is 5.94. The number of thioether (sulfide) groups is 1. The fraction of sp³-hybridized carbons (Fsp3) is 0.438. The lowest BCUT2D eigenvalue weighted by Gasteiger charge is -2.14. The SMILES string of the molecule is C[C@H](OC(=O)CS[C@H]1CCS(=O)(=O)C1)C(=O)Nc1ccc(C#N)c(Cl)c1. The number of anilines is 1. The van der Waals surface area contributed by atoms with Gasteiger partial charge in [-0.25, -0.2) is 8.42 Å². The first-order chi connectivity index (χ1) is 12.2. The summed E-state index contributed by atoms with van der Waals surface area (Å²) in [5.74, 6) is -0.917. The summed E-state index contributed by atoms with van der Waals surface area (Å²) in [4.78, 5) is 23.9. The fourth-order valence-electron chi connectivity index (χ4n) is 2.29. The molecule has 1 aromatic carbocycles. The van der Waals surface area contributed by atoms with E-state index >= 15 is 0 Å². The number of nitrogens with zero attached hydrogens (tertiary/aromatic N) is 1. The number of halogens is 1. The predicted octanol–water partition coefficient (Wildman–Crippen LogP) is 2.00. The molecule has 0 saturated carbocycles. The summed E-state index contributed by atoms with van der Waals surface area (Å²) in [5.41, 5.74) is 0.669. The van der Waals surface area contributed by atoms with E-state index in [0.717, 1.165) is 0 Å². The zero-order valence-corrected chi connectivity index (χ0v) is 16.3. The third kappa shape index (κ3) is 5.90. The Kier molecular flexibility index (Phi) is 6.92. The average Bonchev–Trinajstić information content (AvgIpc) is 2.92. The van der Waals surface area contributed by atoms with Crippen molar-refractivity contribution in [2.24, 2.45) is 0 Å². The van der Waals surface area contributed by atoms with Gasteiger partial charge < -0.3 is 10.1 Å². The summed E-state index contributed by atoms with van der Waals surface area (Å²) >= 11 is 7.12. The van der Waals surface area contributed by atoms with Crippen molar-refractivity contribution in [1.82, 2.24) is 0 Å². The summed E-state index contributed by atoms with van der Waals surface area (Å²) in [5, 5.41) is 11.5. The molecule has 1 heterocycles. The van der Waals surface area contributed by atoms with Crippen molar-refractivity contribution in [1.29, 1.82) is 5.26 Å². The van der Waals surface area contributed by atoms with Gasteiger partial charge in [-0.05, 0) is 31.5 Å². The second-order valence-corrected chi connectivity index (χ2v) is 9.69. The van der Waals surface area contributed by atoms with E-state index < -0.39 is 27.8 Å². The number of amides is 1. The molecule has 1 aliphatic rings. The number of hydrogen-bond acceptors (Lipinski definition) is 7. The normalized spacial score (nSPS) is 19.3. The largest absolute Gasteiger partial charge is 0.452 e. The lowest BCUT2D eigenvalue weighted by Crippen LogP contribution is -2.30. The molecule has 1 amide bonds. The highest BCUT2D eigenvalue weighted by Crippen LogP contribution is 2.24. The molecule has 10 heteroatoms. The number of benzene rings is 1. The van der Waals surface area contributed by atoms with Crippen molar-refractivity contribution < 1.29 is 22.7 Å². The average molecular weight is 417 g/mol. The van der Waals surface area contributed by atoms with E-state index in [1.807, 2.05) is 6.07 Å². The number of sulfone groups is 1. The van der Waals surface area contributed by atoms with Crippen molar-refractivity contribution in [3.05, 3.63) is 28.8 Å². The van der Waals surface area contributed by atoms with Gasteiger partial charge in [-0.1, -0.05) is 11.6 Å². The topological polar surface area (TPSA) is 113 Å². The van der Waals surface area contributed by atoms with Gasteiger partial charge in [0.05, 0.1) is 27.8 Å². The molecule has 0 spiro atoms. The van der Waals surface area contributed by atoms with Crippen LogP contribution in [0.4, 0.5) is 5.69 Å². The van der Waals surface area contributed by atoms with Crippen LogP contribution in [0.5, 0.6) is 0 Å². The zero-order chi connectivity index (χ0) is 19.3. The van der Waals surface area contributed by atoms with Crippen LogP contribution in [0, 0.1) is 11.3 Å². The van der Waals surface area contributed by atoms with E-state index in [-0.39, 0.29) is 33.1 Å². The smallest absolute Gasteiger partial charge is 0.316 e. The highest BCUT2D eigenvalue weighted by atomic mass is 35.5. The summed E-state index contributed by atoms with van der Waals surface area (Å²) in [6, 6.07) is 6.34. The van der Waals surface area contributed by atoms with Crippen molar-refractivity contribution >= 4 is 50.8 Å². The summed E-state index contributed by atoms with van der Waals surface area (Å²) in [6.07, 6.45) is -0.500. The third-order valence-electron chi connectivity index (χ3n) is 3.66. The van der Waals surface area contributed by atoms with Crippen LogP contribution in [-0.4, -0.2) is 48.9 Å². The first-order valence-corrected chi connectivity index (χ1v) is 11.0. The zero-order valence-electron chi connectivity index (χ0n) is 13.9. The van der Waals surface area contributed by atoms with Gasteiger partial charge in [0.2, 0.25) is 0 Å². The van der Waals surface area contributed by atoms with Gasteiger partial charge in [0, 0.05) is 10.9 Å². The van der Waals surface area contributed by atoms with E-state index in [2.05, 4.69) is 5.32 Å². The van der Waals surface area contributed by atoms with Crippen LogP contribution in [0.2, 0.25) is 5.02 Å². The van der Waals surface area contributed by atoms with Gasteiger partial charge >= 0.3 is 5.97 Å². The third-order valence-corrected chi connectivity index (χ3v) is 7.23. The second kappa shape index (κ2) is 8.75. The molecule has 1 aliphatic heterocycles. The first kappa shape index (κ1) is 20.6. The second-order valence-electron chi connectivity index (χ2n) is 5.76. The first-order valence-electron chi connectivity index (χ1n) is 7.72. The summed E-state index contributed by atoms with van der Waals surface area (Å²) in [6.45, 7) is 1.43. The predicted molar refractivity (Wildman–Crippen MR) is 99.9 cm³/mol. The van der Waals surface area contributed by atoms with Gasteiger partial charge in [0.15, 0.2) is 15.9 Å². The number of hydrogen-bond donors (Lipinski definition) is 1. The maximum absolute atomic E-state index is 12.1. The maximum Gasteiger partial charge on any atom is 0.316 e. The molecule has 2 rings (SSSR count). The molecule has 1 aromatic rings. The van der Waals surface area contributed by atoms with E-state index in [1.165, 1.54) is 36.9 Å². The number of esters is 1. The molecule has 1 N–H and O–H groups in total. The van der Waals surface area contributed by atoms with Crippen molar-refractivity contribution in [3.8, 4) is 6.07 Å². The quantitative estimate of drug-likeness (QED) is 0.705. The molecule has 2 atom stereocenters. The number of rotatable bonds is 6. The van der Waals surface area contributed by atoms with Crippen LogP contribution < -0.4 is 5.32 Å². The van der Waals surface area contributed by atoms with Gasteiger partial charge in [0.25, 0.3) is 5.91 Å². The molecule has 0 aromatic heterocycles. The van der Waals surface area contributed by atoms with Crippen LogP contribution in [0.3, 0.4) is 0 Å². The minimum Gasteiger partial charge on any atom is -0.452 e. The molecule has 0 aliphatic carbocycles. The van der Waals surface area contributed by atoms with Crippen LogP contribution in [-0.2, 0) is 24.2 Å².